The minimum atomic E-state index is -1.57. The van der Waals surface area contributed by atoms with Gasteiger partial charge in [0.2, 0.25) is 5.60 Å². The van der Waals surface area contributed by atoms with E-state index in [1.165, 1.54) is 0 Å². The number of furan rings is 1. The largest absolute Gasteiger partial charge is 0.478 e. The number of ether oxygens (including phenoxy) is 2. The molecule has 0 unspecified atom stereocenters. The van der Waals surface area contributed by atoms with E-state index in [-0.39, 0.29) is 18.4 Å². The third-order valence-corrected chi connectivity index (χ3v) is 7.25. The molecule has 1 fully saturated rings. The van der Waals surface area contributed by atoms with E-state index in [1.807, 2.05) is 48.5 Å². The van der Waals surface area contributed by atoms with Gasteiger partial charge in [-0.2, -0.15) is 0 Å². The van der Waals surface area contributed by atoms with Gasteiger partial charge in [0, 0.05) is 23.8 Å². The topological polar surface area (TPSA) is 98.0 Å². The highest BCUT2D eigenvalue weighted by atomic mass is 19.1. The van der Waals surface area contributed by atoms with Crippen molar-refractivity contribution >= 4 is 28.7 Å². The quantitative estimate of drug-likeness (QED) is 0.195. The number of aliphatic carboxylic acids is 1. The number of carboxylic acid groups (broad SMARTS) is 1. The molecule has 0 spiro atoms. The highest BCUT2D eigenvalue weighted by Crippen LogP contribution is 2.43. The normalized spacial score (nSPS) is 14.3. The first-order valence-corrected chi connectivity index (χ1v) is 13.3. The Bertz CT molecular complexity index is 1770. The van der Waals surface area contributed by atoms with Crippen LogP contribution in [0.3, 0.4) is 0 Å². The van der Waals surface area contributed by atoms with Gasteiger partial charge in [-0.15, -0.1) is 0 Å². The van der Waals surface area contributed by atoms with Crippen LogP contribution in [-0.2, 0) is 9.53 Å². The second kappa shape index (κ2) is 10.7. The number of halogens is 2. The van der Waals surface area contributed by atoms with E-state index < -0.39 is 41.2 Å². The van der Waals surface area contributed by atoms with Gasteiger partial charge in [-0.3, -0.25) is 5.32 Å². The van der Waals surface area contributed by atoms with Crippen LogP contribution >= 0.6 is 0 Å². The first kappa shape index (κ1) is 27.0. The maximum absolute atomic E-state index is 14.8. The Morgan fingerprint density at radius 2 is 1.50 bits per heavy atom. The van der Waals surface area contributed by atoms with Crippen molar-refractivity contribution in [2.75, 3.05) is 5.32 Å². The lowest BCUT2D eigenvalue weighted by atomic mass is 10.0. The molecule has 6 rings (SSSR count). The SMILES string of the molecule is C[C@@H](OC(=O)Nc1c(-c2ccc(-c3cc(F)c(OC4(C(=O)O)CC4)c(F)c3)cc2)oc2ccccc12)c1ccccc1. The van der Waals surface area contributed by atoms with Crippen molar-refractivity contribution in [1.29, 1.82) is 0 Å². The Morgan fingerprint density at radius 3 is 2.14 bits per heavy atom. The average Bonchev–Trinajstić information content (AvgIpc) is 3.70. The van der Waals surface area contributed by atoms with Gasteiger partial charge in [-0.25, -0.2) is 18.4 Å². The Kier molecular flexibility index (Phi) is 6.86. The molecular formula is C33H25F2NO6. The molecule has 1 heterocycles. The molecular weight excluding hydrogens is 544 g/mol. The van der Waals surface area contributed by atoms with E-state index in [0.717, 1.165) is 17.7 Å². The first-order valence-electron chi connectivity index (χ1n) is 13.3. The van der Waals surface area contributed by atoms with Crippen LogP contribution in [0.25, 0.3) is 33.4 Å². The summed E-state index contributed by atoms with van der Waals surface area (Å²) in [6.45, 7) is 1.78. The number of hydrogen-bond donors (Lipinski definition) is 2. The van der Waals surface area contributed by atoms with E-state index in [1.54, 1.807) is 37.3 Å². The fourth-order valence-electron chi connectivity index (χ4n) is 4.76. The van der Waals surface area contributed by atoms with Gasteiger partial charge in [0.1, 0.15) is 11.7 Å². The van der Waals surface area contributed by atoms with Crippen LogP contribution in [0.5, 0.6) is 5.75 Å². The molecule has 42 heavy (non-hydrogen) atoms. The maximum Gasteiger partial charge on any atom is 0.412 e. The van der Waals surface area contributed by atoms with Gasteiger partial charge in [0.05, 0.1) is 5.69 Å². The summed E-state index contributed by atoms with van der Waals surface area (Å²) < 4.78 is 46.6. The molecule has 5 aromatic rings. The molecule has 212 valence electrons. The zero-order chi connectivity index (χ0) is 29.4. The molecule has 0 saturated heterocycles. The third kappa shape index (κ3) is 5.16. The van der Waals surface area contributed by atoms with Crippen LogP contribution in [-0.4, -0.2) is 22.8 Å². The number of rotatable bonds is 8. The molecule has 2 N–H and O–H groups in total. The van der Waals surface area contributed by atoms with Crippen molar-refractivity contribution < 1.29 is 37.4 Å². The number of carbonyl (C=O) groups is 2. The number of para-hydroxylation sites is 1. The van der Waals surface area contributed by atoms with Gasteiger partial charge in [0.15, 0.2) is 23.1 Å². The number of benzene rings is 4. The smallest absolute Gasteiger partial charge is 0.412 e. The Hall–Kier alpha value is -5.18. The predicted octanol–water partition coefficient (Wildman–Crippen LogP) is 8.35. The van der Waals surface area contributed by atoms with Crippen molar-refractivity contribution in [2.45, 2.75) is 31.5 Å². The highest BCUT2D eigenvalue weighted by molar-refractivity contribution is 6.05. The minimum Gasteiger partial charge on any atom is -0.478 e. The molecule has 1 aliphatic rings. The molecule has 7 nitrogen and oxygen atoms in total. The van der Waals surface area contributed by atoms with Gasteiger partial charge in [-0.1, -0.05) is 66.7 Å². The highest BCUT2D eigenvalue weighted by Gasteiger charge is 2.54. The number of carboxylic acids is 1. The molecule has 1 saturated carbocycles. The zero-order valence-electron chi connectivity index (χ0n) is 22.4. The van der Waals surface area contributed by atoms with Crippen molar-refractivity contribution in [3.8, 4) is 28.2 Å². The second-order valence-corrected chi connectivity index (χ2v) is 10.1. The van der Waals surface area contributed by atoms with Crippen LogP contribution in [0, 0.1) is 11.6 Å². The molecule has 0 radical (unpaired) electrons. The number of fused-ring (bicyclic) bond motifs is 1. The zero-order valence-corrected chi connectivity index (χ0v) is 22.4. The summed E-state index contributed by atoms with van der Waals surface area (Å²) in [6.07, 6.45) is -0.761. The summed E-state index contributed by atoms with van der Waals surface area (Å²) >= 11 is 0. The predicted molar refractivity (Wildman–Crippen MR) is 152 cm³/mol. The Labute approximate surface area is 239 Å². The molecule has 1 aromatic heterocycles. The van der Waals surface area contributed by atoms with Crippen molar-refractivity contribution in [3.05, 3.63) is 108 Å². The molecule has 0 aliphatic heterocycles. The first-order chi connectivity index (χ1) is 20.2. The fourth-order valence-corrected chi connectivity index (χ4v) is 4.76. The van der Waals surface area contributed by atoms with E-state index in [2.05, 4.69) is 5.32 Å². The van der Waals surface area contributed by atoms with E-state index >= 15 is 0 Å². The number of amides is 1. The van der Waals surface area contributed by atoms with Crippen molar-refractivity contribution in [3.63, 3.8) is 0 Å². The Morgan fingerprint density at radius 1 is 0.881 bits per heavy atom. The van der Waals surface area contributed by atoms with E-state index in [9.17, 15) is 23.5 Å². The van der Waals surface area contributed by atoms with Crippen molar-refractivity contribution in [1.82, 2.24) is 0 Å². The number of anilines is 1. The van der Waals surface area contributed by atoms with Crippen LogP contribution < -0.4 is 10.1 Å². The lowest BCUT2D eigenvalue weighted by Gasteiger charge is -2.15. The summed E-state index contributed by atoms with van der Waals surface area (Å²) in [5.74, 6) is -3.56. The third-order valence-electron chi connectivity index (χ3n) is 7.25. The second-order valence-electron chi connectivity index (χ2n) is 10.1. The standard InChI is InChI=1S/C33H25F2NO6/c1-19(20-7-3-2-4-8-20)40-32(39)36-28-24-9-5-6-10-27(24)41-29(28)22-13-11-21(12-14-22)23-17-25(34)30(26(35)18-23)42-33(15-16-33)31(37)38/h2-14,17-19H,15-16H2,1H3,(H,36,39)(H,37,38)/t19-/m1/s1. The summed E-state index contributed by atoms with van der Waals surface area (Å²) in [4.78, 5) is 24.3. The summed E-state index contributed by atoms with van der Waals surface area (Å²) in [5.41, 5.74) is 1.61. The van der Waals surface area contributed by atoms with Crippen molar-refractivity contribution in [2.24, 2.45) is 0 Å². The number of carbonyl (C=O) groups excluding carboxylic acids is 1. The average molecular weight is 570 g/mol. The van der Waals surface area contributed by atoms with E-state index in [4.69, 9.17) is 13.9 Å². The lowest BCUT2D eigenvalue weighted by Crippen LogP contribution is -2.29. The molecule has 1 amide bonds. The van der Waals surface area contributed by atoms with Gasteiger partial charge in [0.25, 0.3) is 0 Å². The van der Waals surface area contributed by atoms with Crippen LogP contribution in [0.4, 0.5) is 19.3 Å². The summed E-state index contributed by atoms with van der Waals surface area (Å²) in [7, 11) is 0. The summed E-state index contributed by atoms with van der Waals surface area (Å²) in [6, 6.07) is 25.5. The van der Waals surface area contributed by atoms with Crippen LogP contribution in [0.2, 0.25) is 0 Å². The monoisotopic (exact) mass is 569 g/mol. The van der Waals surface area contributed by atoms with Crippen LogP contribution in [0.15, 0.2) is 95.4 Å². The lowest BCUT2D eigenvalue weighted by molar-refractivity contribution is -0.147. The van der Waals surface area contributed by atoms with Crippen LogP contribution in [0.1, 0.15) is 31.4 Å². The molecule has 1 atom stereocenters. The van der Waals surface area contributed by atoms with Gasteiger partial charge < -0.3 is 19.0 Å². The Balaban J connectivity index is 1.26. The van der Waals surface area contributed by atoms with Gasteiger partial charge in [-0.05, 0) is 47.9 Å². The number of hydrogen-bond acceptors (Lipinski definition) is 5. The molecule has 1 aliphatic carbocycles. The van der Waals surface area contributed by atoms with E-state index in [0.29, 0.717) is 33.5 Å². The fraction of sp³-hybridized carbons (Fsp3) is 0.152. The molecule has 4 aromatic carbocycles. The molecule has 0 bridgehead atoms. The maximum atomic E-state index is 14.8. The number of nitrogens with one attached hydrogen (secondary N) is 1. The summed E-state index contributed by atoms with van der Waals surface area (Å²) in [5, 5.41) is 12.8. The van der Waals surface area contributed by atoms with Gasteiger partial charge >= 0.3 is 12.1 Å². The minimum absolute atomic E-state index is 0.187. The molecule has 9 heteroatoms.